The molecule has 2 rings (SSSR count). The molecule has 2 heteroatoms. The van der Waals surface area contributed by atoms with Crippen molar-refractivity contribution in [2.24, 2.45) is 0 Å². The van der Waals surface area contributed by atoms with Crippen molar-refractivity contribution in [1.82, 2.24) is 5.32 Å². The summed E-state index contributed by atoms with van der Waals surface area (Å²) in [7, 11) is 1.87. The maximum absolute atomic E-state index is 5.80. The van der Waals surface area contributed by atoms with Gasteiger partial charge < -0.3 is 10.1 Å². The molecule has 0 saturated heterocycles. The summed E-state index contributed by atoms with van der Waals surface area (Å²) in [4.78, 5) is 0. The average molecular weight is 261 g/mol. The molecule has 1 N–H and O–H groups in total. The molecule has 1 fully saturated rings. The summed E-state index contributed by atoms with van der Waals surface area (Å²) >= 11 is 0. The monoisotopic (exact) mass is 261 g/mol. The SMILES string of the molecule is CCCNC(CC1(OC)CCC1)c1cccc(C)c1. The molecule has 2 nitrogen and oxygen atoms in total. The van der Waals surface area contributed by atoms with Gasteiger partial charge >= 0.3 is 0 Å². The van der Waals surface area contributed by atoms with Crippen LogP contribution in [0.1, 0.15) is 56.2 Å². The predicted octanol–water partition coefficient (Wildman–Crippen LogP) is 3.99. The second-order valence-electron chi connectivity index (χ2n) is 5.87. The van der Waals surface area contributed by atoms with Crippen LogP contribution in [0.25, 0.3) is 0 Å². The van der Waals surface area contributed by atoms with E-state index in [0.717, 1.165) is 13.0 Å². The first-order valence-electron chi connectivity index (χ1n) is 7.54. The number of rotatable bonds is 7. The van der Waals surface area contributed by atoms with Gasteiger partial charge in [0.2, 0.25) is 0 Å². The molecular weight excluding hydrogens is 234 g/mol. The molecule has 1 aromatic carbocycles. The van der Waals surface area contributed by atoms with E-state index in [2.05, 4.69) is 43.4 Å². The number of methoxy groups -OCH3 is 1. The lowest BCUT2D eigenvalue weighted by Gasteiger charge is -2.43. The summed E-state index contributed by atoms with van der Waals surface area (Å²) in [5.74, 6) is 0. The highest BCUT2D eigenvalue weighted by molar-refractivity contribution is 5.25. The van der Waals surface area contributed by atoms with Crippen molar-refractivity contribution >= 4 is 0 Å². The topological polar surface area (TPSA) is 21.3 Å². The first kappa shape index (κ1) is 14.5. The minimum Gasteiger partial charge on any atom is -0.378 e. The summed E-state index contributed by atoms with van der Waals surface area (Å²) in [6.07, 6.45) is 5.98. The molecule has 0 spiro atoms. The summed E-state index contributed by atoms with van der Waals surface area (Å²) in [6, 6.07) is 9.28. The average Bonchev–Trinajstić information content (AvgIpc) is 2.37. The molecule has 0 amide bonds. The van der Waals surface area contributed by atoms with Gasteiger partial charge in [-0.15, -0.1) is 0 Å². The number of hydrogen-bond acceptors (Lipinski definition) is 2. The Morgan fingerprint density at radius 1 is 1.37 bits per heavy atom. The Kier molecular flexibility index (Phi) is 5.00. The molecule has 1 saturated carbocycles. The largest absolute Gasteiger partial charge is 0.378 e. The molecule has 1 aliphatic carbocycles. The maximum atomic E-state index is 5.80. The van der Waals surface area contributed by atoms with Crippen molar-refractivity contribution in [1.29, 1.82) is 0 Å². The van der Waals surface area contributed by atoms with E-state index in [9.17, 15) is 0 Å². The first-order valence-corrected chi connectivity index (χ1v) is 7.54. The van der Waals surface area contributed by atoms with E-state index in [4.69, 9.17) is 4.74 Å². The van der Waals surface area contributed by atoms with Crippen LogP contribution in [0.5, 0.6) is 0 Å². The Balaban J connectivity index is 2.11. The van der Waals surface area contributed by atoms with E-state index < -0.39 is 0 Å². The lowest BCUT2D eigenvalue weighted by Crippen LogP contribution is -2.43. The highest BCUT2D eigenvalue weighted by atomic mass is 16.5. The van der Waals surface area contributed by atoms with E-state index >= 15 is 0 Å². The van der Waals surface area contributed by atoms with Crippen LogP contribution in [0.2, 0.25) is 0 Å². The standard InChI is InChI=1S/C17H27NO/c1-4-11-18-16(13-17(19-3)9-6-10-17)15-8-5-7-14(2)12-15/h5,7-8,12,16,18H,4,6,9-11,13H2,1-3H3. The van der Waals surface area contributed by atoms with E-state index in [1.807, 2.05) is 7.11 Å². The molecule has 0 radical (unpaired) electrons. The normalized spacial score (nSPS) is 18.9. The fourth-order valence-electron chi connectivity index (χ4n) is 2.95. The van der Waals surface area contributed by atoms with Gasteiger partial charge in [0.05, 0.1) is 5.60 Å². The third-order valence-electron chi connectivity index (χ3n) is 4.36. The zero-order valence-electron chi connectivity index (χ0n) is 12.5. The zero-order valence-corrected chi connectivity index (χ0v) is 12.5. The van der Waals surface area contributed by atoms with Gasteiger partial charge in [0.15, 0.2) is 0 Å². The third kappa shape index (κ3) is 3.58. The van der Waals surface area contributed by atoms with Gasteiger partial charge in [-0.05, 0) is 51.1 Å². The van der Waals surface area contributed by atoms with Gasteiger partial charge in [0.1, 0.15) is 0 Å². The molecule has 0 bridgehead atoms. The number of aryl methyl sites for hydroxylation is 1. The molecule has 19 heavy (non-hydrogen) atoms. The molecule has 1 atom stereocenters. The highest BCUT2D eigenvalue weighted by Crippen LogP contribution is 2.41. The van der Waals surface area contributed by atoms with Crippen molar-refractivity contribution in [3.63, 3.8) is 0 Å². The van der Waals surface area contributed by atoms with E-state index in [-0.39, 0.29) is 5.60 Å². The van der Waals surface area contributed by atoms with Crippen LogP contribution in [0, 0.1) is 6.92 Å². The second-order valence-corrected chi connectivity index (χ2v) is 5.87. The van der Waals surface area contributed by atoms with Gasteiger partial charge in [0.25, 0.3) is 0 Å². The molecule has 1 unspecified atom stereocenters. The van der Waals surface area contributed by atoms with E-state index in [1.165, 1.54) is 36.8 Å². The van der Waals surface area contributed by atoms with Crippen LogP contribution in [0.15, 0.2) is 24.3 Å². The molecule has 1 aliphatic rings. The van der Waals surface area contributed by atoms with Crippen molar-refractivity contribution in [3.05, 3.63) is 35.4 Å². The van der Waals surface area contributed by atoms with Gasteiger partial charge in [-0.1, -0.05) is 36.8 Å². The van der Waals surface area contributed by atoms with Crippen molar-refractivity contribution < 1.29 is 4.74 Å². The molecule has 1 aromatic rings. The molecule has 106 valence electrons. The maximum Gasteiger partial charge on any atom is 0.0697 e. The summed E-state index contributed by atoms with van der Waals surface area (Å²) < 4.78 is 5.80. The second kappa shape index (κ2) is 6.53. The quantitative estimate of drug-likeness (QED) is 0.801. The minimum atomic E-state index is 0.120. The Morgan fingerprint density at radius 2 is 2.16 bits per heavy atom. The van der Waals surface area contributed by atoms with Crippen molar-refractivity contribution in [2.45, 2.75) is 57.6 Å². The van der Waals surface area contributed by atoms with Gasteiger partial charge in [-0.3, -0.25) is 0 Å². The molecule has 0 aliphatic heterocycles. The number of benzene rings is 1. The smallest absolute Gasteiger partial charge is 0.0697 e. The third-order valence-corrected chi connectivity index (χ3v) is 4.36. The Morgan fingerprint density at radius 3 is 2.68 bits per heavy atom. The van der Waals surface area contributed by atoms with E-state index in [1.54, 1.807) is 0 Å². The minimum absolute atomic E-state index is 0.120. The fourth-order valence-corrected chi connectivity index (χ4v) is 2.95. The van der Waals surface area contributed by atoms with Crippen molar-refractivity contribution in [2.75, 3.05) is 13.7 Å². The first-order chi connectivity index (χ1) is 9.19. The predicted molar refractivity (Wildman–Crippen MR) is 80.4 cm³/mol. The Bertz CT molecular complexity index is 392. The van der Waals surface area contributed by atoms with Crippen LogP contribution in [0.3, 0.4) is 0 Å². The van der Waals surface area contributed by atoms with Gasteiger partial charge in [-0.2, -0.15) is 0 Å². The van der Waals surface area contributed by atoms with Crippen LogP contribution in [0.4, 0.5) is 0 Å². The number of ether oxygens (including phenoxy) is 1. The Labute approximate surface area is 117 Å². The fraction of sp³-hybridized carbons (Fsp3) is 0.647. The highest BCUT2D eigenvalue weighted by Gasteiger charge is 2.39. The molecule has 0 aromatic heterocycles. The lowest BCUT2D eigenvalue weighted by molar-refractivity contribution is -0.0838. The van der Waals surface area contributed by atoms with Gasteiger partial charge in [-0.25, -0.2) is 0 Å². The molecular formula is C17H27NO. The molecule has 0 heterocycles. The zero-order chi connectivity index (χ0) is 13.7. The van der Waals surface area contributed by atoms with Crippen LogP contribution in [-0.2, 0) is 4.74 Å². The van der Waals surface area contributed by atoms with Crippen LogP contribution in [-0.4, -0.2) is 19.3 Å². The van der Waals surface area contributed by atoms with Crippen LogP contribution >= 0.6 is 0 Å². The number of nitrogens with one attached hydrogen (secondary N) is 1. The lowest BCUT2D eigenvalue weighted by atomic mass is 9.74. The summed E-state index contributed by atoms with van der Waals surface area (Å²) in [5.41, 5.74) is 2.85. The van der Waals surface area contributed by atoms with Gasteiger partial charge in [0, 0.05) is 13.2 Å². The number of hydrogen-bond donors (Lipinski definition) is 1. The summed E-state index contributed by atoms with van der Waals surface area (Å²) in [5, 5.41) is 3.69. The Hall–Kier alpha value is -0.860. The van der Waals surface area contributed by atoms with Crippen LogP contribution < -0.4 is 5.32 Å². The van der Waals surface area contributed by atoms with E-state index in [0.29, 0.717) is 6.04 Å². The summed E-state index contributed by atoms with van der Waals surface area (Å²) in [6.45, 7) is 5.45. The van der Waals surface area contributed by atoms with Crippen molar-refractivity contribution in [3.8, 4) is 0 Å².